The van der Waals surface area contributed by atoms with Crippen LogP contribution >= 0.6 is 11.3 Å². The van der Waals surface area contributed by atoms with Gasteiger partial charge >= 0.3 is 5.97 Å². The quantitative estimate of drug-likeness (QED) is 0.762. The highest BCUT2D eigenvalue weighted by molar-refractivity contribution is 7.17. The van der Waals surface area contributed by atoms with Gasteiger partial charge < -0.3 is 9.64 Å². The predicted molar refractivity (Wildman–Crippen MR) is 78.8 cm³/mol. The maximum Gasteiger partial charge on any atom is 0.325 e. The molecule has 19 heavy (non-hydrogen) atoms. The molecule has 102 valence electrons. The van der Waals surface area contributed by atoms with Gasteiger partial charge in [-0.05, 0) is 30.9 Å². The van der Waals surface area contributed by atoms with Crippen molar-refractivity contribution in [2.45, 2.75) is 20.3 Å². The molecule has 0 aromatic carbocycles. The molecule has 0 aliphatic carbocycles. The Morgan fingerprint density at radius 2 is 2.26 bits per heavy atom. The van der Waals surface area contributed by atoms with E-state index in [0.717, 1.165) is 24.2 Å². The smallest absolute Gasteiger partial charge is 0.325 e. The molecule has 0 saturated heterocycles. The van der Waals surface area contributed by atoms with Gasteiger partial charge in [-0.25, -0.2) is 4.98 Å². The van der Waals surface area contributed by atoms with Crippen molar-refractivity contribution in [1.82, 2.24) is 4.98 Å². The van der Waals surface area contributed by atoms with Crippen molar-refractivity contribution in [2.24, 2.45) is 0 Å². The van der Waals surface area contributed by atoms with Gasteiger partial charge in [-0.2, -0.15) is 0 Å². The number of thiophene rings is 1. The first-order chi connectivity index (χ1) is 9.26. The van der Waals surface area contributed by atoms with E-state index in [-0.39, 0.29) is 12.5 Å². The molecule has 2 aromatic rings. The highest BCUT2D eigenvalue weighted by atomic mass is 32.1. The molecule has 2 rings (SSSR count). The van der Waals surface area contributed by atoms with Gasteiger partial charge in [-0.1, -0.05) is 6.92 Å². The summed E-state index contributed by atoms with van der Waals surface area (Å²) in [6, 6.07) is 4.05. The average molecular weight is 278 g/mol. The summed E-state index contributed by atoms with van der Waals surface area (Å²) in [4.78, 5) is 18.1. The lowest BCUT2D eigenvalue weighted by molar-refractivity contribution is -0.141. The first-order valence-electron chi connectivity index (χ1n) is 6.49. The molecule has 0 aliphatic rings. The molecule has 0 unspecified atom stereocenters. The molecule has 0 saturated carbocycles. The second-order valence-electron chi connectivity index (χ2n) is 4.19. The molecular formula is C14H18N2O2S. The Kier molecular flexibility index (Phi) is 4.74. The molecule has 5 heteroatoms. The minimum absolute atomic E-state index is 0.204. The Bertz CT molecular complexity index is 553. The fourth-order valence-corrected chi connectivity index (χ4v) is 2.80. The van der Waals surface area contributed by atoms with Gasteiger partial charge in [0.2, 0.25) is 0 Å². The van der Waals surface area contributed by atoms with Crippen LogP contribution in [0.1, 0.15) is 20.3 Å². The number of pyridine rings is 1. The Labute approximate surface area is 117 Å². The number of esters is 1. The van der Waals surface area contributed by atoms with Gasteiger partial charge in [-0.15, -0.1) is 11.3 Å². The van der Waals surface area contributed by atoms with E-state index in [0.29, 0.717) is 6.61 Å². The van der Waals surface area contributed by atoms with Crippen molar-refractivity contribution in [2.75, 3.05) is 24.6 Å². The molecule has 2 heterocycles. The number of carbonyl (C=O) groups excluding carboxylic acids is 1. The van der Waals surface area contributed by atoms with E-state index in [4.69, 9.17) is 4.74 Å². The normalized spacial score (nSPS) is 10.6. The summed E-state index contributed by atoms with van der Waals surface area (Å²) >= 11 is 1.68. The number of hydrogen-bond acceptors (Lipinski definition) is 5. The predicted octanol–water partition coefficient (Wildman–Crippen LogP) is 3.08. The minimum atomic E-state index is -0.204. The van der Waals surface area contributed by atoms with Crippen LogP contribution in [0.2, 0.25) is 0 Å². The Morgan fingerprint density at radius 3 is 3.00 bits per heavy atom. The zero-order chi connectivity index (χ0) is 13.7. The van der Waals surface area contributed by atoms with Crippen LogP contribution in [0.3, 0.4) is 0 Å². The van der Waals surface area contributed by atoms with Crippen LogP contribution in [0.5, 0.6) is 0 Å². The molecule has 0 amide bonds. The van der Waals surface area contributed by atoms with Gasteiger partial charge in [-0.3, -0.25) is 4.79 Å². The van der Waals surface area contributed by atoms with Gasteiger partial charge in [0, 0.05) is 22.8 Å². The monoisotopic (exact) mass is 278 g/mol. The van der Waals surface area contributed by atoms with Crippen molar-refractivity contribution < 1.29 is 9.53 Å². The summed E-state index contributed by atoms with van der Waals surface area (Å²) in [7, 11) is 0. The molecular weight excluding hydrogens is 260 g/mol. The van der Waals surface area contributed by atoms with Crippen molar-refractivity contribution in [3.05, 3.63) is 23.7 Å². The van der Waals surface area contributed by atoms with Crippen molar-refractivity contribution in [1.29, 1.82) is 0 Å². The number of ether oxygens (including phenoxy) is 1. The van der Waals surface area contributed by atoms with Gasteiger partial charge in [0.15, 0.2) is 0 Å². The SMILES string of the molecule is CCCN(CC(=O)OCC)c1nccc2sccc12. The fraction of sp³-hybridized carbons (Fsp3) is 0.429. The van der Waals surface area contributed by atoms with Crippen LogP contribution < -0.4 is 4.90 Å². The largest absolute Gasteiger partial charge is 0.465 e. The van der Waals surface area contributed by atoms with Gasteiger partial charge in [0.25, 0.3) is 0 Å². The van der Waals surface area contributed by atoms with E-state index < -0.39 is 0 Å². The third kappa shape index (κ3) is 3.23. The number of nitrogens with zero attached hydrogens (tertiary/aromatic N) is 2. The number of fused-ring (bicyclic) bond motifs is 1. The Hall–Kier alpha value is -1.62. The van der Waals surface area contributed by atoms with E-state index in [1.807, 2.05) is 23.3 Å². The standard InChI is InChI=1S/C14H18N2O2S/c1-3-8-16(10-13(17)18-4-2)14-11-6-9-19-12(11)5-7-15-14/h5-7,9H,3-4,8,10H2,1-2H3. The van der Waals surface area contributed by atoms with E-state index in [1.54, 1.807) is 17.5 Å². The summed E-state index contributed by atoms with van der Waals surface area (Å²) in [5, 5.41) is 3.15. The van der Waals surface area contributed by atoms with Crippen molar-refractivity contribution in [3.8, 4) is 0 Å². The fourth-order valence-electron chi connectivity index (χ4n) is 2.02. The molecule has 0 aliphatic heterocycles. The van der Waals surface area contributed by atoms with Crippen LogP contribution in [0.25, 0.3) is 10.1 Å². The molecule has 0 spiro atoms. The molecule has 4 nitrogen and oxygen atoms in total. The third-order valence-corrected chi connectivity index (χ3v) is 3.66. The number of aromatic nitrogens is 1. The lowest BCUT2D eigenvalue weighted by Gasteiger charge is -2.22. The molecule has 0 bridgehead atoms. The van der Waals surface area contributed by atoms with Crippen molar-refractivity contribution in [3.63, 3.8) is 0 Å². The van der Waals surface area contributed by atoms with E-state index in [9.17, 15) is 4.79 Å². The van der Waals surface area contributed by atoms with E-state index in [2.05, 4.69) is 18.0 Å². The van der Waals surface area contributed by atoms with Crippen LogP contribution in [-0.4, -0.2) is 30.6 Å². The molecule has 0 atom stereocenters. The van der Waals surface area contributed by atoms with Crippen LogP contribution in [0.4, 0.5) is 5.82 Å². The molecule has 0 N–H and O–H groups in total. The topological polar surface area (TPSA) is 42.4 Å². The van der Waals surface area contributed by atoms with Crippen molar-refractivity contribution >= 4 is 33.2 Å². The van der Waals surface area contributed by atoms with E-state index in [1.165, 1.54) is 4.70 Å². The second-order valence-corrected chi connectivity index (χ2v) is 5.14. The van der Waals surface area contributed by atoms with Gasteiger partial charge in [0.05, 0.1) is 6.61 Å². The number of rotatable bonds is 6. The summed E-state index contributed by atoms with van der Waals surface area (Å²) in [6.45, 7) is 5.37. The Morgan fingerprint density at radius 1 is 1.42 bits per heavy atom. The lowest BCUT2D eigenvalue weighted by Crippen LogP contribution is -2.32. The highest BCUT2D eigenvalue weighted by Gasteiger charge is 2.15. The number of hydrogen-bond donors (Lipinski definition) is 0. The first kappa shape index (κ1) is 13.8. The van der Waals surface area contributed by atoms with Gasteiger partial charge in [0.1, 0.15) is 12.4 Å². The lowest BCUT2D eigenvalue weighted by atomic mass is 10.3. The van der Waals surface area contributed by atoms with E-state index >= 15 is 0 Å². The third-order valence-electron chi connectivity index (χ3n) is 2.78. The summed E-state index contributed by atoms with van der Waals surface area (Å²) in [5.74, 6) is 0.665. The highest BCUT2D eigenvalue weighted by Crippen LogP contribution is 2.28. The second kappa shape index (κ2) is 6.52. The van der Waals surface area contributed by atoms with Crippen LogP contribution in [-0.2, 0) is 9.53 Å². The molecule has 0 fully saturated rings. The maximum absolute atomic E-state index is 11.7. The molecule has 2 aromatic heterocycles. The summed E-state index contributed by atoms with van der Waals surface area (Å²) in [5.41, 5.74) is 0. The number of carbonyl (C=O) groups is 1. The zero-order valence-corrected chi connectivity index (χ0v) is 12.1. The van der Waals surface area contributed by atoms with Crippen LogP contribution in [0, 0.1) is 0 Å². The minimum Gasteiger partial charge on any atom is -0.465 e. The summed E-state index contributed by atoms with van der Waals surface area (Å²) < 4.78 is 6.22. The first-order valence-corrected chi connectivity index (χ1v) is 7.37. The van der Waals surface area contributed by atoms with Crippen LogP contribution in [0.15, 0.2) is 23.7 Å². The Balaban J connectivity index is 2.27. The molecule has 0 radical (unpaired) electrons. The maximum atomic E-state index is 11.7. The zero-order valence-electron chi connectivity index (χ0n) is 11.3. The average Bonchev–Trinajstić information content (AvgIpc) is 2.86. The number of anilines is 1. The summed E-state index contributed by atoms with van der Waals surface area (Å²) in [6.07, 6.45) is 2.75.